The van der Waals surface area contributed by atoms with Crippen LogP contribution in [0.5, 0.6) is 5.75 Å². The number of halogens is 1. The molecule has 0 bridgehead atoms. The van der Waals surface area contributed by atoms with Gasteiger partial charge < -0.3 is 4.74 Å². The summed E-state index contributed by atoms with van der Waals surface area (Å²) in [6.07, 6.45) is 2.20. The highest BCUT2D eigenvalue weighted by molar-refractivity contribution is 6.00. The molecule has 20 heavy (non-hydrogen) atoms. The Kier molecular flexibility index (Phi) is 3.50. The molecule has 0 aliphatic carbocycles. The van der Waals surface area contributed by atoms with E-state index in [9.17, 15) is 9.18 Å². The van der Waals surface area contributed by atoms with Gasteiger partial charge >= 0.3 is 0 Å². The second-order valence-corrected chi connectivity index (χ2v) is 4.97. The molecule has 1 aliphatic rings. The van der Waals surface area contributed by atoms with Gasteiger partial charge in [-0.15, -0.1) is 0 Å². The highest BCUT2D eigenvalue weighted by atomic mass is 19.1. The highest BCUT2D eigenvalue weighted by Gasteiger charge is 2.19. The molecule has 102 valence electrons. The second kappa shape index (κ2) is 5.45. The molecule has 0 atom stereocenters. The van der Waals surface area contributed by atoms with E-state index in [4.69, 9.17) is 4.74 Å². The van der Waals surface area contributed by atoms with E-state index in [0.717, 1.165) is 29.7 Å². The fourth-order valence-corrected chi connectivity index (χ4v) is 2.49. The Balaban J connectivity index is 1.85. The minimum atomic E-state index is -0.290. The molecule has 1 heterocycles. The predicted molar refractivity (Wildman–Crippen MR) is 74.7 cm³/mol. The Bertz CT molecular complexity index is 632. The van der Waals surface area contributed by atoms with Crippen LogP contribution in [-0.4, -0.2) is 12.4 Å². The number of ether oxygens (including phenoxy) is 1. The van der Waals surface area contributed by atoms with E-state index in [1.165, 1.54) is 12.1 Å². The third kappa shape index (κ3) is 2.57. The molecule has 3 rings (SSSR count). The zero-order chi connectivity index (χ0) is 13.9. The number of hydrogen-bond donors (Lipinski definition) is 0. The van der Waals surface area contributed by atoms with Gasteiger partial charge in [0, 0.05) is 6.42 Å². The van der Waals surface area contributed by atoms with Crippen LogP contribution in [0.3, 0.4) is 0 Å². The quantitative estimate of drug-likeness (QED) is 0.797. The molecular formula is C17H15FO2. The first-order valence-corrected chi connectivity index (χ1v) is 6.76. The van der Waals surface area contributed by atoms with E-state index < -0.39 is 0 Å². The van der Waals surface area contributed by atoms with Crippen LogP contribution in [0.15, 0.2) is 42.5 Å². The molecule has 0 radical (unpaired) electrons. The van der Waals surface area contributed by atoms with Gasteiger partial charge in [0.1, 0.15) is 11.6 Å². The fourth-order valence-electron chi connectivity index (χ4n) is 2.49. The van der Waals surface area contributed by atoms with E-state index >= 15 is 0 Å². The highest BCUT2D eigenvalue weighted by Crippen LogP contribution is 2.29. The molecule has 0 saturated heterocycles. The van der Waals surface area contributed by atoms with E-state index in [2.05, 4.69) is 0 Å². The molecule has 2 aromatic carbocycles. The molecule has 3 heteroatoms. The summed E-state index contributed by atoms with van der Waals surface area (Å²) < 4.78 is 18.5. The van der Waals surface area contributed by atoms with Gasteiger partial charge in [-0.25, -0.2) is 4.39 Å². The molecule has 0 spiro atoms. The summed E-state index contributed by atoms with van der Waals surface area (Å²) in [5.41, 5.74) is 2.54. The SMILES string of the molecule is O=C(Cc1ccc(F)cc1)c1cccc2c1OCCC2. The molecule has 2 nitrogen and oxygen atoms in total. The smallest absolute Gasteiger partial charge is 0.170 e. The van der Waals surface area contributed by atoms with Gasteiger partial charge in [0.05, 0.1) is 12.2 Å². The van der Waals surface area contributed by atoms with Gasteiger partial charge in [0.25, 0.3) is 0 Å². The Hall–Kier alpha value is -2.16. The summed E-state index contributed by atoms with van der Waals surface area (Å²) >= 11 is 0. The first-order chi connectivity index (χ1) is 9.74. The summed E-state index contributed by atoms with van der Waals surface area (Å²) in [6, 6.07) is 11.7. The topological polar surface area (TPSA) is 26.3 Å². The van der Waals surface area contributed by atoms with E-state index in [0.29, 0.717) is 12.2 Å². The van der Waals surface area contributed by atoms with Gasteiger partial charge in [0.2, 0.25) is 0 Å². The van der Waals surface area contributed by atoms with Crippen LogP contribution >= 0.6 is 0 Å². The van der Waals surface area contributed by atoms with Crippen molar-refractivity contribution in [1.29, 1.82) is 0 Å². The van der Waals surface area contributed by atoms with Gasteiger partial charge in [-0.05, 0) is 42.2 Å². The number of rotatable bonds is 3. The minimum absolute atomic E-state index is 0.00959. The van der Waals surface area contributed by atoms with Crippen LogP contribution in [0.25, 0.3) is 0 Å². The molecule has 2 aromatic rings. The lowest BCUT2D eigenvalue weighted by Crippen LogP contribution is -2.14. The molecule has 0 amide bonds. The van der Waals surface area contributed by atoms with Gasteiger partial charge in [-0.1, -0.05) is 24.3 Å². The second-order valence-electron chi connectivity index (χ2n) is 4.97. The van der Waals surface area contributed by atoms with Crippen LogP contribution in [-0.2, 0) is 12.8 Å². The molecule has 0 fully saturated rings. The van der Waals surface area contributed by atoms with Crippen LogP contribution in [0, 0.1) is 5.82 Å². The summed E-state index contributed by atoms with van der Waals surface area (Å²) in [4.78, 5) is 12.4. The summed E-state index contributed by atoms with van der Waals surface area (Å²) in [6.45, 7) is 0.661. The number of benzene rings is 2. The Morgan fingerprint density at radius 2 is 1.95 bits per heavy atom. The van der Waals surface area contributed by atoms with Crippen molar-refractivity contribution in [2.24, 2.45) is 0 Å². The monoisotopic (exact) mass is 270 g/mol. The third-order valence-electron chi connectivity index (χ3n) is 3.51. The van der Waals surface area contributed by atoms with Crippen molar-refractivity contribution >= 4 is 5.78 Å². The summed E-state index contributed by atoms with van der Waals surface area (Å²) in [5.74, 6) is 0.447. The number of para-hydroxylation sites is 1. The Morgan fingerprint density at radius 1 is 1.15 bits per heavy atom. The van der Waals surface area contributed by atoms with E-state index in [-0.39, 0.29) is 18.0 Å². The minimum Gasteiger partial charge on any atom is -0.493 e. The number of fused-ring (bicyclic) bond motifs is 1. The van der Waals surface area contributed by atoms with Crippen molar-refractivity contribution in [3.05, 3.63) is 65.0 Å². The average molecular weight is 270 g/mol. The predicted octanol–water partition coefficient (Wildman–Crippen LogP) is 3.58. The number of ketones is 1. The van der Waals surface area contributed by atoms with Crippen molar-refractivity contribution in [2.45, 2.75) is 19.3 Å². The van der Waals surface area contributed by atoms with Gasteiger partial charge in [-0.2, -0.15) is 0 Å². The van der Waals surface area contributed by atoms with Crippen molar-refractivity contribution < 1.29 is 13.9 Å². The molecule has 1 aliphatic heterocycles. The normalized spacial score (nSPS) is 13.4. The van der Waals surface area contributed by atoms with Crippen LogP contribution in [0.4, 0.5) is 4.39 Å². The lowest BCUT2D eigenvalue weighted by atomic mass is 9.97. The molecule has 0 saturated carbocycles. The van der Waals surface area contributed by atoms with Crippen molar-refractivity contribution in [1.82, 2.24) is 0 Å². The number of carbonyl (C=O) groups excluding carboxylic acids is 1. The van der Waals surface area contributed by atoms with Crippen molar-refractivity contribution in [3.8, 4) is 5.75 Å². The average Bonchev–Trinajstić information content (AvgIpc) is 2.49. The van der Waals surface area contributed by atoms with Gasteiger partial charge in [-0.3, -0.25) is 4.79 Å². The van der Waals surface area contributed by atoms with E-state index in [1.807, 2.05) is 12.1 Å². The first-order valence-electron chi connectivity index (χ1n) is 6.76. The number of hydrogen-bond acceptors (Lipinski definition) is 2. The molecule has 0 aromatic heterocycles. The molecule has 0 unspecified atom stereocenters. The molecule has 0 N–H and O–H groups in total. The lowest BCUT2D eigenvalue weighted by Gasteiger charge is -2.19. The standard InChI is InChI=1S/C17H15FO2/c18-14-8-6-12(7-9-14)11-16(19)15-5-1-3-13-4-2-10-20-17(13)15/h1,3,5-9H,2,4,10-11H2. The summed E-state index contributed by atoms with van der Waals surface area (Å²) in [7, 11) is 0. The largest absolute Gasteiger partial charge is 0.493 e. The Morgan fingerprint density at radius 3 is 2.75 bits per heavy atom. The zero-order valence-corrected chi connectivity index (χ0v) is 11.1. The van der Waals surface area contributed by atoms with Crippen molar-refractivity contribution in [3.63, 3.8) is 0 Å². The van der Waals surface area contributed by atoms with Crippen LogP contribution in [0.2, 0.25) is 0 Å². The van der Waals surface area contributed by atoms with E-state index in [1.54, 1.807) is 18.2 Å². The maximum absolute atomic E-state index is 12.9. The Labute approximate surface area is 117 Å². The van der Waals surface area contributed by atoms with Crippen LogP contribution < -0.4 is 4.74 Å². The number of carbonyl (C=O) groups is 1. The van der Waals surface area contributed by atoms with Crippen molar-refractivity contribution in [2.75, 3.05) is 6.61 Å². The number of Topliss-reactive ketones (excluding diaryl/α,β-unsaturated/α-hetero) is 1. The lowest BCUT2D eigenvalue weighted by molar-refractivity contribution is 0.0988. The summed E-state index contributed by atoms with van der Waals surface area (Å²) in [5, 5.41) is 0. The van der Waals surface area contributed by atoms with Crippen LogP contribution in [0.1, 0.15) is 27.9 Å². The zero-order valence-electron chi connectivity index (χ0n) is 11.1. The molecular weight excluding hydrogens is 255 g/mol. The first kappa shape index (κ1) is 12.9. The fraction of sp³-hybridized carbons (Fsp3) is 0.235. The maximum Gasteiger partial charge on any atom is 0.170 e. The maximum atomic E-state index is 12.9. The third-order valence-corrected chi connectivity index (χ3v) is 3.51. The number of aryl methyl sites for hydroxylation is 1. The van der Waals surface area contributed by atoms with Gasteiger partial charge in [0.15, 0.2) is 5.78 Å².